The fourth-order valence-corrected chi connectivity index (χ4v) is 0. The first-order valence-electron chi connectivity index (χ1n) is 1.42. The van der Waals surface area contributed by atoms with Crippen LogP contribution in [0.5, 0.6) is 0 Å². The molecule has 2 N–H and O–H groups in total. The second-order valence-electron chi connectivity index (χ2n) is 0.949. The van der Waals surface area contributed by atoms with Crippen LogP contribution in [0.4, 0.5) is 4.79 Å². The Balaban J connectivity index is 3.26. The Bertz CT molecular complexity index is 62.6. The summed E-state index contributed by atoms with van der Waals surface area (Å²) in [6.07, 6.45) is 0. The van der Waals surface area contributed by atoms with Gasteiger partial charge in [-0.15, -0.1) is 0 Å². The maximum absolute atomic E-state index is 9.72. The molecule has 0 saturated heterocycles. The largest absolute Gasteiger partial charge is 0.294 e. The molecule has 0 aliphatic heterocycles. The molecule has 2 radical (unpaired) electrons. The van der Waals surface area contributed by atoms with Gasteiger partial charge in [0.25, 0.3) is 0 Å². The monoisotopic (exact) mass is 84.0 g/mol. The zero-order valence-electron chi connectivity index (χ0n) is 3.51. The Morgan fingerprint density at radius 2 is 2.17 bits per heavy atom. The van der Waals surface area contributed by atoms with Crippen LogP contribution in [0.2, 0.25) is 0 Å². The third kappa shape index (κ3) is 1.78. The van der Waals surface area contributed by atoms with Gasteiger partial charge in [0.2, 0.25) is 7.85 Å². The highest BCUT2D eigenvalue weighted by Crippen LogP contribution is 1.63. The summed E-state index contributed by atoms with van der Waals surface area (Å²) in [6.45, 7) is 0. The minimum atomic E-state index is -0.630. The summed E-state index contributed by atoms with van der Waals surface area (Å²) in [5, 5.41) is 0.806. The Kier molecular flexibility index (Phi) is 1.67. The topological polar surface area (TPSA) is 46.3 Å². The van der Waals surface area contributed by atoms with Gasteiger partial charge >= 0.3 is 0 Å². The minimum absolute atomic E-state index is 0.630. The van der Waals surface area contributed by atoms with E-state index in [0.29, 0.717) is 0 Å². The standard InChI is InChI=1S/C2H5BN2O/c1-5(4)2(3)6/h4H2,1H3. The molecule has 0 bridgehead atoms. The average molecular weight is 83.9 g/mol. The van der Waals surface area contributed by atoms with E-state index in [4.69, 9.17) is 5.84 Å². The number of nitrogens with zero attached hydrogens (tertiary/aromatic N) is 1. The van der Waals surface area contributed by atoms with E-state index in [1.54, 1.807) is 0 Å². The van der Waals surface area contributed by atoms with E-state index in [1.807, 2.05) is 0 Å². The van der Waals surface area contributed by atoms with Crippen molar-refractivity contribution in [2.45, 2.75) is 0 Å². The Morgan fingerprint density at radius 1 is 2.00 bits per heavy atom. The number of nitrogens with two attached hydrogens (primary N) is 1. The van der Waals surface area contributed by atoms with Crippen molar-refractivity contribution in [3.8, 4) is 0 Å². The number of carbonyl (C=O) groups excluding carboxylic acids is 1. The third-order valence-electron chi connectivity index (χ3n) is 0.348. The molecule has 0 heterocycles. The van der Waals surface area contributed by atoms with Gasteiger partial charge in [0.15, 0.2) is 5.81 Å². The van der Waals surface area contributed by atoms with Gasteiger partial charge in [-0.1, -0.05) is 0 Å². The molecule has 0 rings (SSSR count). The molecule has 0 saturated carbocycles. The van der Waals surface area contributed by atoms with Crippen LogP contribution in [0, 0.1) is 0 Å². The molecule has 6 heavy (non-hydrogen) atoms. The molecule has 0 spiro atoms. The maximum atomic E-state index is 9.72. The first kappa shape index (κ1) is 5.49. The van der Waals surface area contributed by atoms with E-state index in [1.165, 1.54) is 7.05 Å². The van der Waals surface area contributed by atoms with Crippen LogP contribution in [-0.4, -0.2) is 25.7 Å². The number of rotatable bonds is 0. The molecule has 0 aromatic carbocycles. The fourth-order valence-electron chi connectivity index (χ4n) is 0. The third-order valence-corrected chi connectivity index (χ3v) is 0.348. The van der Waals surface area contributed by atoms with E-state index >= 15 is 0 Å². The molecular formula is C2H5BN2O. The van der Waals surface area contributed by atoms with Crippen molar-refractivity contribution in [1.29, 1.82) is 0 Å². The van der Waals surface area contributed by atoms with Crippen molar-refractivity contribution >= 4 is 13.7 Å². The normalized spacial score (nSPS) is 7.67. The Hall–Kier alpha value is -0.505. The molecule has 3 nitrogen and oxygen atoms in total. The van der Waals surface area contributed by atoms with Gasteiger partial charge in [-0.2, -0.15) is 0 Å². The van der Waals surface area contributed by atoms with Crippen molar-refractivity contribution in [3.63, 3.8) is 0 Å². The van der Waals surface area contributed by atoms with Crippen molar-refractivity contribution in [2.75, 3.05) is 7.05 Å². The molecule has 0 fully saturated rings. The van der Waals surface area contributed by atoms with Crippen molar-refractivity contribution in [2.24, 2.45) is 5.84 Å². The summed E-state index contributed by atoms with van der Waals surface area (Å²) in [7, 11) is 5.97. The SMILES string of the molecule is [B]C(=O)N(C)N. The van der Waals surface area contributed by atoms with Crippen molar-refractivity contribution in [1.82, 2.24) is 5.01 Å². The Morgan fingerprint density at radius 3 is 2.17 bits per heavy atom. The molecule has 0 aliphatic rings. The zero-order valence-corrected chi connectivity index (χ0v) is 3.51. The second-order valence-corrected chi connectivity index (χ2v) is 0.949. The predicted molar refractivity (Wildman–Crippen MR) is 23.1 cm³/mol. The van der Waals surface area contributed by atoms with Crippen LogP contribution in [0.15, 0.2) is 0 Å². The fraction of sp³-hybridized carbons (Fsp3) is 0.500. The molecule has 0 aliphatic carbocycles. The number of amides is 1. The highest BCUT2D eigenvalue weighted by molar-refractivity contribution is 6.56. The number of carbonyl (C=O) groups is 1. The molecule has 0 aromatic heterocycles. The van der Waals surface area contributed by atoms with Crippen LogP contribution < -0.4 is 5.84 Å². The molecule has 0 unspecified atom stereocenters. The lowest BCUT2D eigenvalue weighted by Crippen LogP contribution is -2.31. The van der Waals surface area contributed by atoms with E-state index in [9.17, 15) is 4.79 Å². The van der Waals surface area contributed by atoms with Crippen LogP contribution in [-0.2, 0) is 0 Å². The summed E-state index contributed by atoms with van der Waals surface area (Å²) >= 11 is 0. The van der Waals surface area contributed by atoms with E-state index < -0.39 is 5.81 Å². The van der Waals surface area contributed by atoms with Crippen LogP contribution in [0.25, 0.3) is 0 Å². The smallest absolute Gasteiger partial charge is 0.202 e. The average Bonchev–Trinajstić information content (AvgIpc) is 1.36. The van der Waals surface area contributed by atoms with Gasteiger partial charge in [-0.3, -0.25) is 9.80 Å². The lowest BCUT2D eigenvalue weighted by atomic mass is 10.1. The summed E-state index contributed by atoms with van der Waals surface area (Å²) < 4.78 is 0. The first-order valence-corrected chi connectivity index (χ1v) is 1.42. The highest BCUT2D eigenvalue weighted by atomic mass is 16.2. The quantitative estimate of drug-likeness (QED) is 0.178. The number of hydrogen-bond donors (Lipinski definition) is 1. The molecule has 32 valence electrons. The number of hydrazine groups is 1. The summed E-state index contributed by atoms with van der Waals surface area (Å²) in [5.74, 6) is 4.16. The molecule has 1 amide bonds. The molecule has 0 atom stereocenters. The van der Waals surface area contributed by atoms with Gasteiger partial charge < -0.3 is 0 Å². The van der Waals surface area contributed by atoms with Crippen LogP contribution in [0.3, 0.4) is 0 Å². The van der Waals surface area contributed by atoms with Gasteiger partial charge in [0, 0.05) is 7.05 Å². The van der Waals surface area contributed by atoms with Crippen molar-refractivity contribution < 1.29 is 4.79 Å². The first-order chi connectivity index (χ1) is 2.64. The molecule has 4 heteroatoms. The van der Waals surface area contributed by atoms with Crippen LogP contribution in [0.1, 0.15) is 0 Å². The summed E-state index contributed by atoms with van der Waals surface area (Å²) in [4.78, 5) is 9.72. The highest BCUT2D eigenvalue weighted by Gasteiger charge is 1.87. The predicted octanol–water partition coefficient (Wildman–Crippen LogP) is -0.920. The molecular weight excluding hydrogens is 78.8 g/mol. The Labute approximate surface area is 37.5 Å². The lowest BCUT2D eigenvalue weighted by Gasteiger charge is -2.03. The summed E-state index contributed by atoms with van der Waals surface area (Å²) in [6, 6.07) is 0. The van der Waals surface area contributed by atoms with Gasteiger partial charge in [0.05, 0.1) is 0 Å². The second kappa shape index (κ2) is 1.82. The van der Waals surface area contributed by atoms with E-state index in [-0.39, 0.29) is 0 Å². The van der Waals surface area contributed by atoms with Gasteiger partial charge in [-0.05, 0) is 0 Å². The van der Waals surface area contributed by atoms with E-state index in [0.717, 1.165) is 5.01 Å². The van der Waals surface area contributed by atoms with Gasteiger partial charge in [-0.25, -0.2) is 5.84 Å². The lowest BCUT2D eigenvalue weighted by molar-refractivity contribution is 0.233. The minimum Gasteiger partial charge on any atom is -0.294 e. The number of hydrogen-bond acceptors (Lipinski definition) is 2. The van der Waals surface area contributed by atoms with Crippen LogP contribution >= 0.6 is 0 Å². The summed E-state index contributed by atoms with van der Waals surface area (Å²) in [5.41, 5.74) is 0. The maximum Gasteiger partial charge on any atom is 0.202 e. The molecule has 0 aromatic rings. The van der Waals surface area contributed by atoms with E-state index in [2.05, 4.69) is 7.85 Å². The van der Waals surface area contributed by atoms with Crippen molar-refractivity contribution in [3.05, 3.63) is 0 Å². The zero-order chi connectivity index (χ0) is 5.15. The van der Waals surface area contributed by atoms with Gasteiger partial charge in [0.1, 0.15) is 0 Å².